The zero-order chi connectivity index (χ0) is 11.6. The molecule has 0 aliphatic heterocycles. The van der Waals surface area contributed by atoms with E-state index >= 15 is 0 Å². The largest absolute Gasteiger partial charge is 0.312 e. The average molecular weight is 217 g/mol. The van der Waals surface area contributed by atoms with Crippen LogP contribution in [-0.4, -0.2) is 6.54 Å². The zero-order valence-electron chi connectivity index (χ0n) is 10.8. The summed E-state index contributed by atoms with van der Waals surface area (Å²) in [7, 11) is 0. The summed E-state index contributed by atoms with van der Waals surface area (Å²) < 4.78 is 0. The molecule has 0 amide bonds. The van der Waals surface area contributed by atoms with Gasteiger partial charge in [0.2, 0.25) is 0 Å². The highest BCUT2D eigenvalue weighted by atomic mass is 14.9. The van der Waals surface area contributed by atoms with Crippen LogP contribution in [0.5, 0.6) is 0 Å². The molecule has 0 spiro atoms. The van der Waals surface area contributed by atoms with E-state index < -0.39 is 0 Å². The molecule has 1 aromatic rings. The van der Waals surface area contributed by atoms with Crippen molar-refractivity contribution in [2.24, 2.45) is 5.41 Å². The van der Waals surface area contributed by atoms with Crippen LogP contribution in [0.1, 0.15) is 42.9 Å². The monoisotopic (exact) mass is 217 g/mol. The lowest BCUT2D eigenvalue weighted by molar-refractivity contribution is 0.443. The molecule has 0 radical (unpaired) electrons. The second-order valence-corrected chi connectivity index (χ2v) is 5.39. The summed E-state index contributed by atoms with van der Waals surface area (Å²) in [5, 5.41) is 3.62. The first kappa shape index (κ1) is 11.7. The van der Waals surface area contributed by atoms with Crippen molar-refractivity contribution in [2.45, 2.75) is 46.6 Å². The Kier molecular flexibility index (Phi) is 3.34. The highest BCUT2D eigenvalue weighted by molar-refractivity contribution is 5.30. The van der Waals surface area contributed by atoms with E-state index in [9.17, 15) is 0 Å². The third-order valence-electron chi connectivity index (χ3n) is 4.03. The van der Waals surface area contributed by atoms with Crippen LogP contribution >= 0.6 is 0 Å². The fraction of sp³-hybridized carbons (Fsp3) is 0.600. The predicted molar refractivity (Wildman–Crippen MR) is 69.6 cm³/mol. The maximum Gasteiger partial charge on any atom is 0.0208 e. The first-order valence-corrected chi connectivity index (χ1v) is 6.42. The van der Waals surface area contributed by atoms with Gasteiger partial charge in [0.25, 0.3) is 0 Å². The number of hydrogen-bond acceptors (Lipinski definition) is 1. The quantitative estimate of drug-likeness (QED) is 0.795. The molecule has 1 N–H and O–H groups in total. The van der Waals surface area contributed by atoms with E-state index in [4.69, 9.17) is 0 Å². The lowest BCUT2D eigenvalue weighted by atomic mass is 10.0. The molecule has 0 unspecified atom stereocenters. The van der Waals surface area contributed by atoms with Crippen molar-refractivity contribution in [2.75, 3.05) is 6.54 Å². The summed E-state index contributed by atoms with van der Waals surface area (Å²) in [5.41, 5.74) is 4.86. The first-order valence-electron chi connectivity index (χ1n) is 6.42. The Labute approximate surface area is 99.3 Å². The summed E-state index contributed by atoms with van der Waals surface area (Å²) in [5.74, 6) is 0. The smallest absolute Gasteiger partial charge is 0.0208 e. The first-order chi connectivity index (χ1) is 7.65. The topological polar surface area (TPSA) is 12.0 Å². The highest BCUT2D eigenvalue weighted by Crippen LogP contribution is 2.47. The molecule has 1 fully saturated rings. The van der Waals surface area contributed by atoms with Crippen molar-refractivity contribution in [3.8, 4) is 0 Å². The number of nitrogens with one attached hydrogen (secondary N) is 1. The Morgan fingerprint density at radius 3 is 2.62 bits per heavy atom. The van der Waals surface area contributed by atoms with Crippen LogP contribution in [0.2, 0.25) is 0 Å². The molecular formula is C15H23N. The minimum atomic E-state index is 0.651. The molecule has 1 nitrogen and oxygen atoms in total. The van der Waals surface area contributed by atoms with Crippen LogP contribution in [0.25, 0.3) is 0 Å². The van der Waals surface area contributed by atoms with Gasteiger partial charge in [-0.1, -0.05) is 30.7 Å². The molecule has 16 heavy (non-hydrogen) atoms. The Hall–Kier alpha value is -0.820. The number of hydrogen-bond donors (Lipinski definition) is 1. The van der Waals surface area contributed by atoms with Crippen molar-refractivity contribution in [1.29, 1.82) is 0 Å². The summed E-state index contributed by atoms with van der Waals surface area (Å²) >= 11 is 0. The second kappa shape index (κ2) is 4.58. The van der Waals surface area contributed by atoms with E-state index in [1.54, 1.807) is 0 Å². The molecule has 88 valence electrons. The van der Waals surface area contributed by atoms with E-state index in [-0.39, 0.29) is 0 Å². The Balaban J connectivity index is 1.87. The summed E-state index contributed by atoms with van der Waals surface area (Å²) in [6, 6.07) is 6.71. The maximum atomic E-state index is 3.62. The Bertz CT molecular complexity index is 364. The lowest BCUT2D eigenvalue weighted by Crippen LogP contribution is -2.23. The Morgan fingerprint density at radius 1 is 1.25 bits per heavy atom. The zero-order valence-corrected chi connectivity index (χ0v) is 10.8. The molecule has 0 aromatic heterocycles. The molecule has 1 saturated carbocycles. The maximum absolute atomic E-state index is 3.62. The van der Waals surface area contributed by atoms with Gasteiger partial charge in [0, 0.05) is 13.1 Å². The fourth-order valence-corrected chi connectivity index (χ4v) is 2.29. The van der Waals surface area contributed by atoms with Crippen LogP contribution in [0.4, 0.5) is 0 Å². The second-order valence-electron chi connectivity index (χ2n) is 5.39. The van der Waals surface area contributed by atoms with Gasteiger partial charge in [0.1, 0.15) is 0 Å². The van der Waals surface area contributed by atoms with Crippen molar-refractivity contribution >= 4 is 0 Å². The van der Waals surface area contributed by atoms with Gasteiger partial charge < -0.3 is 5.32 Å². The molecule has 2 rings (SSSR count). The van der Waals surface area contributed by atoms with Gasteiger partial charge in [-0.3, -0.25) is 0 Å². The van der Waals surface area contributed by atoms with Crippen molar-refractivity contribution in [3.05, 3.63) is 34.9 Å². The molecule has 0 bridgehead atoms. The van der Waals surface area contributed by atoms with Crippen LogP contribution in [0.15, 0.2) is 18.2 Å². The van der Waals surface area contributed by atoms with E-state index in [2.05, 4.69) is 44.3 Å². The third-order valence-corrected chi connectivity index (χ3v) is 4.03. The molecule has 0 atom stereocenters. The number of rotatable bonds is 5. The van der Waals surface area contributed by atoms with Gasteiger partial charge in [-0.25, -0.2) is 0 Å². The normalized spacial score (nSPS) is 17.4. The summed E-state index contributed by atoms with van der Waals surface area (Å²) in [6.07, 6.45) is 4.17. The molecule has 1 aliphatic carbocycles. The van der Waals surface area contributed by atoms with E-state index in [0.717, 1.165) is 6.54 Å². The van der Waals surface area contributed by atoms with Crippen LogP contribution in [0, 0.1) is 19.3 Å². The highest BCUT2D eigenvalue weighted by Gasteiger charge is 2.39. The van der Waals surface area contributed by atoms with Crippen molar-refractivity contribution in [3.63, 3.8) is 0 Å². The molecule has 0 saturated heterocycles. The SMILES string of the molecule is CCC1(CNCc2cc(C)ccc2C)CC1. The molecule has 1 aromatic carbocycles. The standard InChI is InChI=1S/C15H23N/c1-4-15(7-8-15)11-16-10-14-9-12(2)5-6-13(14)3/h5-6,9,16H,4,7-8,10-11H2,1-3H3. The van der Waals surface area contributed by atoms with Crippen molar-refractivity contribution in [1.82, 2.24) is 5.32 Å². The minimum absolute atomic E-state index is 0.651. The van der Waals surface area contributed by atoms with Gasteiger partial charge >= 0.3 is 0 Å². The predicted octanol–water partition coefficient (Wildman–Crippen LogP) is 3.58. The third kappa shape index (κ3) is 2.65. The van der Waals surface area contributed by atoms with Crippen LogP contribution < -0.4 is 5.32 Å². The minimum Gasteiger partial charge on any atom is -0.312 e. The molecule has 1 aliphatic rings. The average Bonchev–Trinajstić information content (AvgIpc) is 3.04. The fourth-order valence-electron chi connectivity index (χ4n) is 2.29. The van der Waals surface area contributed by atoms with Crippen LogP contribution in [-0.2, 0) is 6.54 Å². The van der Waals surface area contributed by atoms with Crippen LogP contribution in [0.3, 0.4) is 0 Å². The van der Waals surface area contributed by atoms with Crippen molar-refractivity contribution < 1.29 is 0 Å². The van der Waals surface area contributed by atoms with Gasteiger partial charge in [0.15, 0.2) is 0 Å². The van der Waals surface area contributed by atoms with Gasteiger partial charge in [-0.2, -0.15) is 0 Å². The van der Waals surface area contributed by atoms with Gasteiger partial charge in [0.05, 0.1) is 0 Å². The molecule has 1 heteroatoms. The molecule has 0 heterocycles. The number of aryl methyl sites for hydroxylation is 2. The summed E-state index contributed by atoms with van der Waals surface area (Å²) in [4.78, 5) is 0. The lowest BCUT2D eigenvalue weighted by Gasteiger charge is -2.14. The summed E-state index contributed by atoms with van der Waals surface area (Å²) in [6.45, 7) is 8.89. The van der Waals surface area contributed by atoms with E-state index in [1.165, 1.54) is 42.5 Å². The number of benzene rings is 1. The van der Waals surface area contributed by atoms with Gasteiger partial charge in [-0.15, -0.1) is 0 Å². The van der Waals surface area contributed by atoms with Gasteiger partial charge in [-0.05, 0) is 49.7 Å². The molecular weight excluding hydrogens is 194 g/mol. The van der Waals surface area contributed by atoms with E-state index in [0.29, 0.717) is 5.41 Å². The Morgan fingerprint density at radius 2 is 2.00 bits per heavy atom. The van der Waals surface area contributed by atoms with E-state index in [1.807, 2.05) is 0 Å².